The second-order valence-electron chi connectivity index (χ2n) is 12.8. The van der Waals surface area contributed by atoms with Crippen LogP contribution >= 0.6 is 0 Å². The minimum absolute atomic E-state index is 0.0367. The Bertz CT molecular complexity index is 1300. The lowest BCUT2D eigenvalue weighted by Crippen LogP contribution is -2.56. The molecule has 1 unspecified atom stereocenters. The number of nitrogens with zero attached hydrogens (tertiary/aromatic N) is 2. The molecule has 1 aromatic carbocycles. The first-order valence-corrected chi connectivity index (χ1v) is 16.5. The lowest BCUT2D eigenvalue weighted by Gasteiger charge is -2.37. The lowest BCUT2D eigenvalue weighted by molar-refractivity contribution is -0.161. The van der Waals surface area contributed by atoms with Gasteiger partial charge in [-0.2, -0.15) is 0 Å². The molecule has 0 bridgehead atoms. The maximum Gasteiger partial charge on any atom is 0.313 e. The van der Waals surface area contributed by atoms with Crippen molar-refractivity contribution >= 4 is 23.7 Å². The minimum atomic E-state index is -1.35. The molecule has 1 aromatic rings. The van der Waals surface area contributed by atoms with Gasteiger partial charge in [0, 0.05) is 32.2 Å². The van der Waals surface area contributed by atoms with Crippen LogP contribution in [0.4, 0.5) is 0 Å². The number of cyclic esters (lactones) is 1. The van der Waals surface area contributed by atoms with Gasteiger partial charge in [0.15, 0.2) is 0 Å². The van der Waals surface area contributed by atoms with Crippen molar-refractivity contribution in [2.75, 3.05) is 19.7 Å². The van der Waals surface area contributed by atoms with Gasteiger partial charge in [-0.15, -0.1) is 0 Å². The zero-order valence-corrected chi connectivity index (χ0v) is 26.6. The van der Waals surface area contributed by atoms with E-state index in [2.05, 4.69) is 12.2 Å². The van der Waals surface area contributed by atoms with E-state index >= 15 is 0 Å². The largest absolute Gasteiger partial charge is 0.455 e. The Labute approximate surface area is 265 Å². The Morgan fingerprint density at radius 3 is 2.58 bits per heavy atom. The highest BCUT2D eigenvalue weighted by Gasteiger charge is 2.71. The van der Waals surface area contributed by atoms with Gasteiger partial charge in [-0.1, -0.05) is 68.0 Å². The van der Waals surface area contributed by atoms with Crippen molar-refractivity contribution in [2.24, 2.45) is 11.8 Å². The van der Waals surface area contributed by atoms with Crippen LogP contribution in [0.3, 0.4) is 0 Å². The number of benzene rings is 1. The van der Waals surface area contributed by atoms with Crippen LogP contribution in [0.15, 0.2) is 54.6 Å². The molecule has 0 saturated carbocycles. The number of ether oxygens (including phenoxy) is 2. The van der Waals surface area contributed by atoms with Crippen molar-refractivity contribution < 1.29 is 33.8 Å². The van der Waals surface area contributed by atoms with Crippen molar-refractivity contribution in [2.45, 2.75) is 102 Å². The van der Waals surface area contributed by atoms with E-state index in [1.54, 1.807) is 17.9 Å². The van der Waals surface area contributed by atoms with Crippen LogP contribution in [0.1, 0.15) is 77.4 Å². The molecule has 4 aliphatic heterocycles. The Morgan fingerprint density at radius 1 is 1.07 bits per heavy atom. The summed E-state index contributed by atoms with van der Waals surface area (Å²) in [6.45, 7) is 6.67. The van der Waals surface area contributed by atoms with Gasteiger partial charge in [-0.3, -0.25) is 19.2 Å². The zero-order valence-electron chi connectivity index (χ0n) is 26.6. The maximum atomic E-state index is 14.5. The number of unbranched alkanes of at least 4 members (excludes halogenated alkanes) is 2. The van der Waals surface area contributed by atoms with Crippen LogP contribution < -0.4 is 5.32 Å². The number of hydrogen-bond donors (Lipinski definition) is 2. The van der Waals surface area contributed by atoms with Crippen LogP contribution in [-0.2, 0) is 28.7 Å². The number of esters is 1. The number of aliphatic hydroxyl groups is 1. The van der Waals surface area contributed by atoms with Crippen LogP contribution in [0.2, 0.25) is 0 Å². The van der Waals surface area contributed by atoms with Crippen LogP contribution in [0.25, 0.3) is 0 Å². The molecule has 2 fully saturated rings. The molecule has 10 heteroatoms. The number of likely N-dealkylation sites (tertiary alicyclic amines) is 1. The average molecular weight is 622 g/mol. The second kappa shape index (κ2) is 14.3. The molecular weight excluding hydrogens is 574 g/mol. The SMILES string of the molecule is CCCC(C)N1CC=C[C@]23O[C@@H]4/C=C\CCC(=O)N[C@H](C)[C@@H](c5ccccc5)OC(=O)[C@@H]4[C@H]2C(=O)N(CCCCCO)[C@@H]3C1=O. The summed E-state index contributed by atoms with van der Waals surface area (Å²) in [5, 5.41) is 12.3. The van der Waals surface area contributed by atoms with Crippen LogP contribution in [0, 0.1) is 11.8 Å². The second-order valence-corrected chi connectivity index (χ2v) is 12.8. The van der Waals surface area contributed by atoms with E-state index in [-0.39, 0.29) is 36.8 Å². The first-order chi connectivity index (χ1) is 21.7. The molecule has 2 N–H and O–H groups in total. The van der Waals surface area contributed by atoms with Gasteiger partial charge in [0.05, 0.1) is 18.1 Å². The quantitative estimate of drug-likeness (QED) is 0.246. The van der Waals surface area contributed by atoms with E-state index in [0.29, 0.717) is 38.8 Å². The third-order valence-corrected chi connectivity index (χ3v) is 9.67. The summed E-state index contributed by atoms with van der Waals surface area (Å²) in [5.74, 6) is -3.20. The highest BCUT2D eigenvalue weighted by atomic mass is 16.6. The van der Waals surface area contributed by atoms with Gasteiger partial charge < -0.3 is 29.7 Å². The monoisotopic (exact) mass is 621 g/mol. The molecule has 4 aliphatic rings. The van der Waals surface area contributed by atoms with Gasteiger partial charge in [0.25, 0.3) is 0 Å². The fourth-order valence-corrected chi connectivity index (χ4v) is 7.50. The van der Waals surface area contributed by atoms with Crippen molar-refractivity contribution in [1.82, 2.24) is 15.1 Å². The molecule has 244 valence electrons. The van der Waals surface area contributed by atoms with Crippen LogP contribution in [-0.4, -0.2) is 88.1 Å². The third kappa shape index (κ3) is 6.45. The fourth-order valence-electron chi connectivity index (χ4n) is 7.50. The van der Waals surface area contributed by atoms with E-state index in [9.17, 15) is 24.3 Å². The van der Waals surface area contributed by atoms with Crippen LogP contribution in [0.5, 0.6) is 0 Å². The summed E-state index contributed by atoms with van der Waals surface area (Å²) in [6.07, 6.45) is 10.0. The molecule has 0 radical (unpaired) electrons. The topological polar surface area (TPSA) is 125 Å². The highest BCUT2D eigenvalue weighted by Crippen LogP contribution is 2.53. The number of fused-ring (bicyclic) bond motifs is 2. The molecule has 45 heavy (non-hydrogen) atoms. The summed E-state index contributed by atoms with van der Waals surface area (Å²) in [5.41, 5.74) is -0.630. The Balaban J connectivity index is 1.57. The van der Waals surface area contributed by atoms with Gasteiger partial charge in [0.2, 0.25) is 17.7 Å². The highest BCUT2D eigenvalue weighted by molar-refractivity contribution is 5.99. The number of hydrogen-bond acceptors (Lipinski definition) is 7. The standard InChI is InChI=1S/C35H47N3O7/c1-4-14-23(2)37-21-13-19-35-29(32(41)38(31(35)33(37)42)20-11-6-12-22-39)28-26(45-35)17-9-10-18-27(40)36-24(3)30(44-34(28)43)25-15-7-5-8-16-25/h5,7-9,13,15-17,19,23-24,26,28-31,39H,4,6,10-12,14,18,20-22H2,1-3H3,(H,36,40)/b17-9-/t23?,24-,26-,28+,29+,30+,31-,35+/m1/s1. The normalized spacial score (nSPS) is 33.2. The smallest absolute Gasteiger partial charge is 0.313 e. The van der Waals surface area contributed by atoms with Gasteiger partial charge in [-0.05, 0) is 51.5 Å². The molecule has 4 heterocycles. The zero-order chi connectivity index (χ0) is 32.1. The predicted molar refractivity (Wildman–Crippen MR) is 167 cm³/mol. The summed E-state index contributed by atoms with van der Waals surface area (Å²) >= 11 is 0. The Morgan fingerprint density at radius 2 is 1.84 bits per heavy atom. The Kier molecular flexibility index (Phi) is 10.4. The van der Waals surface area contributed by atoms with Gasteiger partial charge in [-0.25, -0.2) is 0 Å². The van der Waals surface area contributed by atoms with Crippen molar-refractivity contribution in [1.29, 1.82) is 0 Å². The molecule has 0 aromatic heterocycles. The first kappa shape index (κ1) is 32.9. The summed E-state index contributed by atoms with van der Waals surface area (Å²) in [7, 11) is 0. The maximum absolute atomic E-state index is 14.5. The average Bonchev–Trinajstić information content (AvgIpc) is 3.40. The van der Waals surface area contributed by atoms with Crippen molar-refractivity contribution in [3.05, 3.63) is 60.2 Å². The molecule has 5 rings (SSSR count). The fraction of sp³-hybridized carbons (Fsp3) is 0.600. The minimum Gasteiger partial charge on any atom is -0.455 e. The number of aliphatic hydroxyl groups excluding tert-OH is 1. The number of nitrogens with one attached hydrogen (secondary N) is 1. The van der Waals surface area contributed by atoms with Gasteiger partial charge >= 0.3 is 5.97 Å². The van der Waals surface area contributed by atoms with Gasteiger partial charge in [0.1, 0.15) is 23.7 Å². The number of carbonyl (C=O) groups excluding carboxylic acids is 4. The molecule has 1 spiro atoms. The molecule has 2 saturated heterocycles. The van der Waals surface area contributed by atoms with E-state index in [1.165, 1.54) is 0 Å². The molecular formula is C35H47N3O7. The van der Waals surface area contributed by atoms with E-state index in [4.69, 9.17) is 9.47 Å². The van der Waals surface area contributed by atoms with E-state index in [1.807, 2.05) is 60.4 Å². The summed E-state index contributed by atoms with van der Waals surface area (Å²) in [4.78, 5) is 59.5. The molecule has 8 atom stereocenters. The first-order valence-electron chi connectivity index (χ1n) is 16.5. The Hall–Kier alpha value is -3.50. The number of rotatable bonds is 9. The van der Waals surface area contributed by atoms with Crippen molar-refractivity contribution in [3.8, 4) is 0 Å². The number of allylic oxidation sites excluding steroid dienone is 1. The molecule has 10 nitrogen and oxygen atoms in total. The summed E-state index contributed by atoms with van der Waals surface area (Å²) < 4.78 is 13.0. The van der Waals surface area contributed by atoms with Crippen molar-refractivity contribution in [3.63, 3.8) is 0 Å². The van der Waals surface area contributed by atoms with E-state index in [0.717, 1.165) is 18.4 Å². The summed E-state index contributed by atoms with van der Waals surface area (Å²) in [6, 6.07) is 7.76. The molecule has 0 aliphatic carbocycles. The number of amides is 3. The third-order valence-electron chi connectivity index (χ3n) is 9.67. The molecule has 3 amide bonds. The predicted octanol–water partition coefficient (Wildman–Crippen LogP) is 3.46. The lowest BCUT2D eigenvalue weighted by atomic mass is 9.77. The number of carbonyl (C=O) groups is 4. The van der Waals surface area contributed by atoms with E-state index < -0.39 is 47.7 Å².